The molecule has 1 fully saturated rings. The Kier molecular flexibility index (Phi) is 7.90. The van der Waals surface area contributed by atoms with E-state index >= 15 is 0 Å². The van der Waals surface area contributed by atoms with Crippen LogP contribution in [0.4, 0.5) is 0 Å². The van der Waals surface area contributed by atoms with Crippen molar-refractivity contribution >= 4 is 27.6 Å². The molecule has 0 amide bonds. The number of carboxylic acids is 1. The first kappa shape index (κ1) is 26.0. The van der Waals surface area contributed by atoms with Gasteiger partial charge in [-0.2, -0.15) is 0 Å². The summed E-state index contributed by atoms with van der Waals surface area (Å²) >= 11 is 1.69. The summed E-state index contributed by atoms with van der Waals surface area (Å²) in [4.78, 5) is 16.9. The van der Waals surface area contributed by atoms with Gasteiger partial charge in [0.25, 0.3) is 0 Å². The Labute approximate surface area is 215 Å². The molecule has 0 radical (unpaired) electrons. The van der Waals surface area contributed by atoms with E-state index in [1.165, 1.54) is 6.26 Å². The van der Waals surface area contributed by atoms with E-state index in [-0.39, 0.29) is 24.7 Å². The predicted molar refractivity (Wildman–Crippen MR) is 142 cm³/mol. The van der Waals surface area contributed by atoms with E-state index in [1.807, 2.05) is 38.1 Å². The molecule has 1 aliphatic heterocycles. The Hall–Kier alpha value is -3.04. The Morgan fingerprint density at radius 3 is 2.69 bits per heavy atom. The lowest BCUT2D eigenvalue weighted by Gasteiger charge is -2.15. The number of carboxylic acid groups (broad SMARTS) is 1. The number of carbonyl (C=O) groups is 1. The standard InChI is InChI=1S/C27H29NO6S2/c1-17-11-21(33-9-10-36(3,31)32)12-18(2)27(17)23-5-4-6-25(28-23)34-15-19-7-8-22-20(14-26(29)30)16-35-24(22)13-19/h4-6,8,11-13,15,20H,7,9-10,14,16H2,1-3H3,(H,29,30). The number of sulfone groups is 1. The van der Waals surface area contributed by atoms with Crippen LogP contribution in [0.3, 0.4) is 0 Å². The highest BCUT2D eigenvalue weighted by atomic mass is 32.2. The zero-order valence-corrected chi connectivity index (χ0v) is 22.1. The summed E-state index contributed by atoms with van der Waals surface area (Å²) in [6.45, 7) is 4.05. The van der Waals surface area contributed by atoms with Gasteiger partial charge in [-0.3, -0.25) is 4.79 Å². The lowest BCUT2D eigenvalue weighted by molar-refractivity contribution is -0.137. The summed E-state index contributed by atoms with van der Waals surface area (Å²) < 4.78 is 34.2. The summed E-state index contributed by atoms with van der Waals surface area (Å²) in [5.74, 6) is 1.17. The Morgan fingerprint density at radius 2 is 2.00 bits per heavy atom. The first-order valence-electron chi connectivity index (χ1n) is 11.6. The summed E-state index contributed by atoms with van der Waals surface area (Å²) in [7, 11) is -3.08. The van der Waals surface area contributed by atoms with Crippen LogP contribution in [-0.2, 0) is 14.6 Å². The maximum atomic E-state index is 11.3. The Balaban J connectivity index is 1.46. The molecule has 1 N–H and O–H groups in total. The number of ether oxygens (including phenoxy) is 2. The van der Waals surface area contributed by atoms with Crippen molar-refractivity contribution in [3.8, 4) is 22.9 Å². The largest absolute Gasteiger partial charge is 0.493 e. The smallest absolute Gasteiger partial charge is 0.303 e. The fourth-order valence-electron chi connectivity index (χ4n) is 4.35. The van der Waals surface area contributed by atoms with Crippen molar-refractivity contribution in [2.45, 2.75) is 26.7 Å². The van der Waals surface area contributed by atoms with E-state index < -0.39 is 15.8 Å². The molecular weight excluding hydrogens is 498 g/mol. The second-order valence-corrected chi connectivity index (χ2v) is 12.4. The van der Waals surface area contributed by atoms with Gasteiger partial charge in [0.1, 0.15) is 12.4 Å². The number of fused-ring (bicyclic) bond motifs is 1. The minimum atomic E-state index is -3.08. The second-order valence-electron chi connectivity index (χ2n) is 9.06. The fourth-order valence-corrected chi connectivity index (χ4v) is 6.07. The van der Waals surface area contributed by atoms with Crippen molar-refractivity contribution in [2.24, 2.45) is 5.92 Å². The van der Waals surface area contributed by atoms with Crippen molar-refractivity contribution in [3.63, 3.8) is 0 Å². The van der Waals surface area contributed by atoms with Gasteiger partial charge in [0.05, 0.1) is 24.1 Å². The van der Waals surface area contributed by atoms with Gasteiger partial charge in [-0.1, -0.05) is 12.1 Å². The molecular formula is C27H29NO6S2. The number of benzene rings is 1. The molecule has 1 aliphatic carbocycles. The van der Waals surface area contributed by atoms with Crippen LogP contribution in [0.2, 0.25) is 0 Å². The molecule has 1 aromatic heterocycles. The zero-order valence-electron chi connectivity index (χ0n) is 20.5. The molecule has 7 nitrogen and oxygen atoms in total. The van der Waals surface area contributed by atoms with Crippen molar-refractivity contribution in [1.82, 2.24) is 4.98 Å². The van der Waals surface area contributed by atoms with E-state index in [0.29, 0.717) is 18.1 Å². The normalized spacial score (nSPS) is 18.4. The molecule has 1 unspecified atom stereocenters. The quantitative estimate of drug-likeness (QED) is 0.449. The molecule has 1 atom stereocenters. The van der Waals surface area contributed by atoms with Crippen LogP contribution in [0.1, 0.15) is 24.0 Å². The topological polar surface area (TPSA) is 103 Å². The molecule has 1 aromatic carbocycles. The van der Waals surface area contributed by atoms with E-state index in [0.717, 1.165) is 44.2 Å². The highest BCUT2D eigenvalue weighted by molar-refractivity contribution is 8.03. The van der Waals surface area contributed by atoms with Gasteiger partial charge in [-0.05, 0) is 66.8 Å². The summed E-state index contributed by atoms with van der Waals surface area (Å²) in [6, 6.07) is 9.40. The maximum absolute atomic E-state index is 11.3. The first-order valence-corrected chi connectivity index (χ1v) is 14.7. The van der Waals surface area contributed by atoms with Crippen LogP contribution in [0.25, 0.3) is 11.3 Å². The molecule has 36 heavy (non-hydrogen) atoms. The van der Waals surface area contributed by atoms with Crippen molar-refractivity contribution in [1.29, 1.82) is 0 Å². The molecule has 4 rings (SSSR count). The molecule has 0 saturated carbocycles. The molecule has 0 spiro atoms. The molecule has 9 heteroatoms. The van der Waals surface area contributed by atoms with E-state index in [1.54, 1.807) is 24.1 Å². The number of thioether (sulfide) groups is 1. The lowest BCUT2D eigenvalue weighted by Crippen LogP contribution is -2.12. The molecule has 2 aromatic rings. The number of aromatic nitrogens is 1. The number of pyridine rings is 1. The number of hydrogen-bond donors (Lipinski definition) is 1. The van der Waals surface area contributed by atoms with Gasteiger partial charge in [-0.15, -0.1) is 11.8 Å². The van der Waals surface area contributed by atoms with Crippen LogP contribution >= 0.6 is 11.8 Å². The third-order valence-corrected chi connectivity index (χ3v) is 8.14. The van der Waals surface area contributed by atoms with Crippen LogP contribution in [-0.4, -0.2) is 48.8 Å². The lowest BCUT2D eigenvalue weighted by atomic mass is 9.92. The van der Waals surface area contributed by atoms with Gasteiger partial charge >= 0.3 is 5.97 Å². The average molecular weight is 528 g/mol. The fraction of sp³-hybridized carbons (Fsp3) is 0.333. The average Bonchev–Trinajstić information content (AvgIpc) is 3.18. The van der Waals surface area contributed by atoms with Gasteiger partial charge in [0.15, 0.2) is 9.84 Å². The second kappa shape index (κ2) is 10.9. The van der Waals surface area contributed by atoms with Crippen LogP contribution in [0, 0.1) is 19.8 Å². The highest BCUT2D eigenvalue weighted by Crippen LogP contribution is 2.45. The van der Waals surface area contributed by atoms with Gasteiger partial charge in [-0.25, -0.2) is 13.4 Å². The number of allylic oxidation sites excluding steroid dienone is 4. The molecule has 0 bridgehead atoms. The minimum absolute atomic E-state index is 0.0291. The number of aliphatic carboxylic acids is 1. The molecule has 1 saturated heterocycles. The van der Waals surface area contributed by atoms with Crippen molar-refractivity contribution in [3.05, 3.63) is 75.9 Å². The summed E-state index contributed by atoms with van der Waals surface area (Å²) in [6.07, 6.45) is 7.92. The third-order valence-electron chi connectivity index (χ3n) is 6.00. The van der Waals surface area contributed by atoms with Gasteiger partial charge in [0, 0.05) is 34.5 Å². The number of rotatable bonds is 9. The van der Waals surface area contributed by atoms with Gasteiger partial charge < -0.3 is 14.6 Å². The minimum Gasteiger partial charge on any atom is -0.493 e. The SMILES string of the molecule is Cc1cc(OCCS(C)(=O)=O)cc(C)c1-c1cccc(OC=C2C=C3SCC(CC(=O)O)C3=CC2)n1. The highest BCUT2D eigenvalue weighted by Gasteiger charge is 2.29. The zero-order chi connectivity index (χ0) is 25.9. The number of hydrogen-bond acceptors (Lipinski definition) is 7. The van der Waals surface area contributed by atoms with Crippen LogP contribution in [0.5, 0.6) is 11.6 Å². The van der Waals surface area contributed by atoms with E-state index in [2.05, 4.69) is 12.2 Å². The summed E-state index contributed by atoms with van der Waals surface area (Å²) in [5.41, 5.74) is 5.83. The van der Waals surface area contributed by atoms with E-state index in [4.69, 9.17) is 19.6 Å². The maximum Gasteiger partial charge on any atom is 0.303 e. The van der Waals surface area contributed by atoms with Crippen molar-refractivity contribution < 1.29 is 27.8 Å². The molecule has 2 aliphatic rings. The first-order chi connectivity index (χ1) is 17.1. The Bertz CT molecular complexity index is 1350. The Morgan fingerprint density at radius 1 is 1.25 bits per heavy atom. The van der Waals surface area contributed by atoms with Crippen LogP contribution < -0.4 is 9.47 Å². The molecule has 190 valence electrons. The van der Waals surface area contributed by atoms with E-state index in [9.17, 15) is 13.2 Å². The predicted octanol–water partition coefficient (Wildman–Crippen LogP) is 5.10. The van der Waals surface area contributed by atoms with Crippen molar-refractivity contribution in [2.75, 3.05) is 24.4 Å². The van der Waals surface area contributed by atoms with Crippen LogP contribution in [0.15, 0.2) is 64.8 Å². The number of nitrogens with zero attached hydrogens (tertiary/aromatic N) is 1. The third kappa shape index (κ3) is 6.59. The molecule has 2 heterocycles. The summed E-state index contributed by atoms with van der Waals surface area (Å²) in [5, 5.41) is 9.12. The monoisotopic (exact) mass is 527 g/mol. The van der Waals surface area contributed by atoms with Gasteiger partial charge in [0.2, 0.25) is 5.88 Å². The number of aryl methyl sites for hydroxylation is 2.